The number of amides is 3. The van der Waals surface area contributed by atoms with Crippen LogP contribution in [0.15, 0.2) is 18.3 Å². The molecule has 0 saturated carbocycles. The molecule has 1 aliphatic heterocycles. The molecule has 8 nitrogen and oxygen atoms in total. The normalized spacial score (nSPS) is 17.3. The van der Waals surface area contributed by atoms with Crippen LogP contribution >= 0.6 is 0 Å². The number of aromatic nitrogens is 1. The molecule has 0 aromatic carbocycles. The van der Waals surface area contributed by atoms with Crippen LogP contribution in [0.25, 0.3) is 0 Å². The topological polar surface area (TPSA) is 109 Å². The molecule has 3 amide bonds. The maximum Gasteiger partial charge on any atom is 0.413 e. The second-order valence-electron chi connectivity index (χ2n) is 6.21. The van der Waals surface area contributed by atoms with Crippen molar-refractivity contribution in [2.45, 2.75) is 45.3 Å². The third-order valence-electron chi connectivity index (χ3n) is 2.97. The number of ether oxygens (including phenoxy) is 1. The van der Waals surface area contributed by atoms with Gasteiger partial charge in [-0.1, -0.05) is 0 Å². The molecule has 124 valence electrons. The van der Waals surface area contributed by atoms with E-state index in [-0.39, 0.29) is 11.8 Å². The first-order valence-corrected chi connectivity index (χ1v) is 7.29. The van der Waals surface area contributed by atoms with Crippen molar-refractivity contribution in [1.29, 1.82) is 0 Å². The van der Waals surface area contributed by atoms with Gasteiger partial charge in [0.15, 0.2) is 0 Å². The molecule has 1 aromatic rings. The molecule has 3 N–H and O–H groups in total. The van der Waals surface area contributed by atoms with Gasteiger partial charge in [-0.3, -0.25) is 14.9 Å². The van der Waals surface area contributed by atoms with Gasteiger partial charge in [-0.25, -0.2) is 9.78 Å². The maximum absolute atomic E-state index is 11.9. The Balaban J connectivity index is 1.88. The van der Waals surface area contributed by atoms with Crippen LogP contribution in [-0.2, 0) is 14.3 Å². The van der Waals surface area contributed by atoms with Crippen molar-refractivity contribution in [1.82, 2.24) is 10.3 Å². The van der Waals surface area contributed by atoms with Crippen LogP contribution in [0.5, 0.6) is 0 Å². The summed E-state index contributed by atoms with van der Waals surface area (Å²) in [4.78, 5) is 38.7. The summed E-state index contributed by atoms with van der Waals surface area (Å²) >= 11 is 0. The van der Waals surface area contributed by atoms with E-state index in [9.17, 15) is 14.4 Å². The van der Waals surface area contributed by atoms with Crippen LogP contribution in [0.1, 0.15) is 33.6 Å². The standard InChI is InChI=1S/C15H20N4O4/c1-15(2,3)23-14(22)19-11-6-4-9(8-16-11)17-13(21)10-5-7-12(20)18-10/h4,6,8,10H,5,7H2,1-3H3,(H,17,21)(H,18,20)(H,16,19,22). The fourth-order valence-electron chi connectivity index (χ4n) is 1.99. The van der Waals surface area contributed by atoms with Gasteiger partial charge in [0, 0.05) is 6.42 Å². The molecular weight excluding hydrogens is 300 g/mol. The number of hydrogen-bond acceptors (Lipinski definition) is 5. The van der Waals surface area contributed by atoms with Gasteiger partial charge >= 0.3 is 6.09 Å². The molecule has 8 heteroatoms. The van der Waals surface area contributed by atoms with Gasteiger partial charge in [0.05, 0.1) is 11.9 Å². The van der Waals surface area contributed by atoms with E-state index in [1.54, 1.807) is 32.9 Å². The van der Waals surface area contributed by atoms with Gasteiger partial charge in [0.25, 0.3) is 0 Å². The number of pyridine rings is 1. The number of carbonyl (C=O) groups is 3. The van der Waals surface area contributed by atoms with E-state index < -0.39 is 17.7 Å². The highest BCUT2D eigenvalue weighted by molar-refractivity contribution is 5.99. The minimum Gasteiger partial charge on any atom is -0.444 e. The molecule has 1 atom stereocenters. The highest BCUT2D eigenvalue weighted by Gasteiger charge is 2.27. The second-order valence-corrected chi connectivity index (χ2v) is 6.21. The van der Waals surface area contributed by atoms with Crippen molar-refractivity contribution in [3.05, 3.63) is 18.3 Å². The summed E-state index contributed by atoms with van der Waals surface area (Å²) < 4.78 is 5.11. The number of nitrogens with one attached hydrogen (secondary N) is 3. The van der Waals surface area contributed by atoms with Gasteiger partial charge in [-0.15, -0.1) is 0 Å². The predicted molar refractivity (Wildman–Crippen MR) is 83.9 cm³/mol. The van der Waals surface area contributed by atoms with Gasteiger partial charge in [0.2, 0.25) is 11.8 Å². The fourth-order valence-corrected chi connectivity index (χ4v) is 1.99. The highest BCUT2D eigenvalue weighted by Crippen LogP contribution is 2.14. The lowest BCUT2D eigenvalue weighted by atomic mass is 10.2. The Morgan fingerprint density at radius 2 is 2.04 bits per heavy atom. The Bertz CT molecular complexity index is 607. The number of anilines is 2. The molecule has 2 rings (SSSR count). The molecule has 0 radical (unpaired) electrons. The third-order valence-corrected chi connectivity index (χ3v) is 2.97. The van der Waals surface area contributed by atoms with Crippen molar-refractivity contribution in [2.24, 2.45) is 0 Å². The monoisotopic (exact) mass is 320 g/mol. The number of hydrogen-bond donors (Lipinski definition) is 3. The predicted octanol–water partition coefficient (Wildman–Crippen LogP) is 1.65. The van der Waals surface area contributed by atoms with E-state index in [0.29, 0.717) is 24.3 Å². The third kappa shape index (κ3) is 5.24. The van der Waals surface area contributed by atoms with Crippen molar-refractivity contribution >= 4 is 29.4 Å². The summed E-state index contributed by atoms with van der Waals surface area (Å²) in [6.07, 6.45) is 1.66. The largest absolute Gasteiger partial charge is 0.444 e. The maximum atomic E-state index is 11.9. The number of carbonyl (C=O) groups excluding carboxylic acids is 3. The first-order chi connectivity index (χ1) is 10.7. The van der Waals surface area contributed by atoms with Crippen LogP contribution in [-0.4, -0.2) is 34.5 Å². The molecule has 0 aliphatic carbocycles. The van der Waals surface area contributed by atoms with Crippen LogP contribution in [0.2, 0.25) is 0 Å². The Hall–Kier alpha value is -2.64. The first kappa shape index (κ1) is 16.7. The number of nitrogens with zero attached hydrogens (tertiary/aromatic N) is 1. The zero-order chi connectivity index (χ0) is 17.0. The van der Waals surface area contributed by atoms with Gasteiger partial charge in [0.1, 0.15) is 17.5 Å². The van der Waals surface area contributed by atoms with Crippen LogP contribution in [0.3, 0.4) is 0 Å². The molecule has 1 fully saturated rings. The Morgan fingerprint density at radius 1 is 1.30 bits per heavy atom. The summed E-state index contributed by atoms with van der Waals surface area (Å²) in [5.74, 6) is -0.0999. The Labute approximate surface area is 134 Å². The molecule has 0 bridgehead atoms. The summed E-state index contributed by atoms with van der Waals surface area (Å²) in [5, 5.41) is 7.75. The van der Waals surface area contributed by atoms with E-state index in [4.69, 9.17) is 4.74 Å². The molecule has 1 aromatic heterocycles. The summed E-state index contributed by atoms with van der Waals surface area (Å²) in [6.45, 7) is 5.29. The lowest BCUT2D eigenvalue weighted by Gasteiger charge is -2.19. The van der Waals surface area contributed by atoms with E-state index in [1.165, 1.54) is 6.20 Å². The van der Waals surface area contributed by atoms with E-state index in [1.807, 2.05) is 0 Å². The molecule has 0 spiro atoms. The lowest BCUT2D eigenvalue weighted by molar-refractivity contribution is -0.122. The summed E-state index contributed by atoms with van der Waals surface area (Å²) in [5.41, 5.74) is -0.116. The van der Waals surface area contributed by atoms with E-state index >= 15 is 0 Å². The quantitative estimate of drug-likeness (QED) is 0.784. The molecular formula is C15H20N4O4. The van der Waals surface area contributed by atoms with Gasteiger partial charge in [-0.2, -0.15) is 0 Å². The average Bonchev–Trinajstić information content (AvgIpc) is 2.85. The minimum absolute atomic E-state index is 0.125. The lowest BCUT2D eigenvalue weighted by Crippen LogP contribution is -2.37. The minimum atomic E-state index is -0.601. The van der Waals surface area contributed by atoms with Crippen molar-refractivity contribution < 1.29 is 19.1 Å². The van der Waals surface area contributed by atoms with Crippen molar-refractivity contribution in [2.75, 3.05) is 10.6 Å². The second kappa shape index (κ2) is 6.64. The molecule has 2 heterocycles. The van der Waals surface area contributed by atoms with Gasteiger partial charge < -0.3 is 15.4 Å². The number of rotatable bonds is 3. The smallest absolute Gasteiger partial charge is 0.413 e. The average molecular weight is 320 g/mol. The molecule has 23 heavy (non-hydrogen) atoms. The SMILES string of the molecule is CC(C)(C)OC(=O)Nc1ccc(NC(=O)C2CCC(=O)N2)cn1. The first-order valence-electron chi connectivity index (χ1n) is 7.29. The summed E-state index contributed by atoms with van der Waals surface area (Å²) in [7, 11) is 0. The highest BCUT2D eigenvalue weighted by atomic mass is 16.6. The fraction of sp³-hybridized carbons (Fsp3) is 0.467. The van der Waals surface area contributed by atoms with Crippen LogP contribution < -0.4 is 16.0 Å². The zero-order valence-electron chi connectivity index (χ0n) is 13.3. The van der Waals surface area contributed by atoms with Gasteiger partial charge in [-0.05, 0) is 39.3 Å². The molecule has 1 unspecified atom stereocenters. The van der Waals surface area contributed by atoms with Crippen molar-refractivity contribution in [3.63, 3.8) is 0 Å². The Morgan fingerprint density at radius 3 is 2.57 bits per heavy atom. The molecule has 1 aliphatic rings. The zero-order valence-corrected chi connectivity index (χ0v) is 13.3. The van der Waals surface area contributed by atoms with Crippen LogP contribution in [0.4, 0.5) is 16.3 Å². The molecule has 1 saturated heterocycles. The van der Waals surface area contributed by atoms with E-state index in [2.05, 4.69) is 20.9 Å². The van der Waals surface area contributed by atoms with Crippen molar-refractivity contribution in [3.8, 4) is 0 Å². The van der Waals surface area contributed by atoms with Crippen LogP contribution in [0, 0.1) is 0 Å². The van der Waals surface area contributed by atoms with E-state index in [0.717, 1.165) is 0 Å². The Kier molecular flexibility index (Phi) is 4.83. The summed E-state index contributed by atoms with van der Waals surface area (Å²) in [6, 6.07) is 2.64.